The number of hydrogen-bond donors (Lipinski definition) is 2. The Labute approximate surface area is 125 Å². The van der Waals surface area contributed by atoms with Gasteiger partial charge in [0.25, 0.3) is 0 Å². The highest BCUT2D eigenvalue weighted by molar-refractivity contribution is 5.71. The number of carboxylic acids is 1. The van der Waals surface area contributed by atoms with Crippen LogP contribution in [0.15, 0.2) is 30.3 Å². The molecule has 2 N–H and O–H groups in total. The fraction of sp³-hybridized carbons (Fsp3) is 0.562. The first-order valence-electron chi connectivity index (χ1n) is 7.31. The van der Waals surface area contributed by atoms with Crippen molar-refractivity contribution in [2.75, 3.05) is 26.2 Å². The van der Waals surface area contributed by atoms with Crippen LogP contribution in [0.5, 0.6) is 0 Å². The van der Waals surface area contributed by atoms with E-state index in [1.54, 1.807) is 0 Å². The number of β-amino-alcohol motifs (C(OH)–C–C–N with tert-alkyl or cyclic N) is 1. The summed E-state index contributed by atoms with van der Waals surface area (Å²) < 4.78 is 5.50. The highest BCUT2D eigenvalue weighted by Crippen LogP contribution is 2.23. The number of aliphatic carboxylic acids is 1. The molecule has 1 aromatic rings. The van der Waals surface area contributed by atoms with Crippen LogP contribution >= 0.6 is 0 Å². The van der Waals surface area contributed by atoms with Crippen molar-refractivity contribution < 1.29 is 19.7 Å². The first-order chi connectivity index (χ1) is 10.1. The Balaban J connectivity index is 1.68. The van der Waals surface area contributed by atoms with Crippen LogP contribution in [-0.2, 0) is 16.1 Å². The van der Waals surface area contributed by atoms with Crippen LogP contribution in [0.4, 0.5) is 0 Å². The molecule has 5 heteroatoms. The molecule has 1 aliphatic heterocycles. The van der Waals surface area contributed by atoms with E-state index in [2.05, 4.69) is 0 Å². The molecule has 1 unspecified atom stereocenters. The largest absolute Gasteiger partial charge is 0.481 e. The Morgan fingerprint density at radius 1 is 1.38 bits per heavy atom. The van der Waals surface area contributed by atoms with Crippen LogP contribution in [0.2, 0.25) is 0 Å². The molecule has 0 amide bonds. The van der Waals surface area contributed by atoms with E-state index < -0.39 is 12.1 Å². The lowest BCUT2D eigenvalue weighted by atomic mass is 9.99. The van der Waals surface area contributed by atoms with Crippen LogP contribution in [0.25, 0.3) is 0 Å². The zero-order valence-electron chi connectivity index (χ0n) is 12.3. The molecule has 3 atom stereocenters. The summed E-state index contributed by atoms with van der Waals surface area (Å²) in [6.07, 6.45) is -0.589. The topological polar surface area (TPSA) is 70.0 Å². The second-order valence-electron chi connectivity index (χ2n) is 5.80. The van der Waals surface area contributed by atoms with E-state index in [-0.39, 0.29) is 18.4 Å². The summed E-state index contributed by atoms with van der Waals surface area (Å²) in [5.41, 5.74) is 1.07. The summed E-state index contributed by atoms with van der Waals surface area (Å²) in [6, 6.07) is 9.81. The fourth-order valence-electron chi connectivity index (χ4n) is 2.78. The van der Waals surface area contributed by atoms with E-state index in [1.165, 1.54) is 0 Å². The Hall–Kier alpha value is -1.43. The molecule has 21 heavy (non-hydrogen) atoms. The lowest BCUT2D eigenvalue weighted by molar-refractivity contribution is -0.142. The van der Waals surface area contributed by atoms with E-state index >= 15 is 0 Å². The molecule has 0 saturated carbocycles. The quantitative estimate of drug-likeness (QED) is 0.791. The Kier molecular flexibility index (Phi) is 5.73. The number of aliphatic hydroxyl groups is 1. The summed E-state index contributed by atoms with van der Waals surface area (Å²) in [7, 11) is 0. The zero-order valence-corrected chi connectivity index (χ0v) is 12.3. The molecule has 1 aromatic carbocycles. The van der Waals surface area contributed by atoms with E-state index in [9.17, 15) is 9.90 Å². The van der Waals surface area contributed by atoms with Crippen LogP contribution < -0.4 is 0 Å². The number of likely N-dealkylation sites (tertiary alicyclic amines) is 1. The Morgan fingerprint density at radius 2 is 2.10 bits per heavy atom. The molecule has 5 nitrogen and oxygen atoms in total. The molecule has 0 radical (unpaired) electrons. The number of aliphatic hydroxyl groups excluding tert-OH is 1. The number of hydrogen-bond acceptors (Lipinski definition) is 4. The molecular formula is C16H23NO4. The Morgan fingerprint density at radius 3 is 2.71 bits per heavy atom. The van der Waals surface area contributed by atoms with Gasteiger partial charge in [-0.05, 0) is 11.5 Å². The molecule has 116 valence electrons. The third-order valence-electron chi connectivity index (χ3n) is 3.90. The lowest BCUT2D eigenvalue weighted by Crippen LogP contribution is -2.34. The third kappa shape index (κ3) is 4.81. The predicted octanol–water partition coefficient (Wildman–Crippen LogP) is 1.22. The second kappa shape index (κ2) is 7.54. The van der Waals surface area contributed by atoms with Gasteiger partial charge < -0.3 is 14.9 Å². The van der Waals surface area contributed by atoms with Gasteiger partial charge in [-0.25, -0.2) is 0 Å². The third-order valence-corrected chi connectivity index (χ3v) is 3.90. The van der Waals surface area contributed by atoms with Crippen molar-refractivity contribution in [2.45, 2.75) is 19.6 Å². The minimum atomic E-state index is -0.750. The number of rotatable bonds is 7. The maximum Gasteiger partial charge on any atom is 0.308 e. The number of carbonyl (C=O) groups is 1. The van der Waals surface area contributed by atoms with Gasteiger partial charge in [-0.1, -0.05) is 37.3 Å². The van der Waals surface area contributed by atoms with Crippen molar-refractivity contribution in [2.24, 2.45) is 11.8 Å². The van der Waals surface area contributed by atoms with E-state index in [4.69, 9.17) is 9.84 Å². The van der Waals surface area contributed by atoms with Gasteiger partial charge in [0, 0.05) is 19.6 Å². The average Bonchev–Trinajstić information content (AvgIpc) is 2.81. The number of benzene rings is 1. The maximum atomic E-state index is 11.1. The lowest BCUT2D eigenvalue weighted by Gasteiger charge is -2.19. The van der Waals surface area contributed by atoms with Crippen molar-refractivity contribution in [3.8, 4) is 0 Å². The van der Waals surface area contributed by atoms with E-state index in [0.717, 1.165) is 5.56 Å². The summed E-state index contributed by atoms with van der Waals surface area (Å²) in [4.78, 5) is 13.1. The van der Waals surface area contributed by atoms with Gasteiger partial charge in [0.15, 0.2) is 0 Å². The van der Waals surface area contributed by atoms with Crippen molar-refractivity contribution in [3.63, 3.8) is 0 Å². The van der Waals surface area contributed by atoms with Gasteiger partial charge in [-0.3, -0.25) is 9.69 Å². The summed E-state index contributed by atoms with van der Waals surface area (Å²) in [5, 5.41) is 19.1. The average molecular weight is 293 g/mol. The number of ether oxygens (including phenoxy) is 1. The summed E-state index contributed by atoms with van der Waals surface area (Å²) in [5.74, 6) is -0.956. The molecule has 2 rings (SSSR count). The van der Waals surface area contributed by atoms with Gasteiger partial charge in [-0.15, -0.1) is 0 Å². The highest BCUT2D eigenvalue weighted by atomic mass is 16.5. The summed E-state index contributed by atoms with van der Waals surface area (Å²) in [6.45, 7) is 4.36. The molecule has 0 bridgehead atoms. The standard InChI is InChI=1S/C16H23NO4/c1-12-7-17(9-15(12)16(19)20)8-14(18)11-21-10-13-5-3-2-4-6-13/h2-6,12,14-15,18H,7-11H2,1H3,(H,19,20)/t12-,14?,15-/m1/s1. The zero-order chi connectivity index (χ0) is 15.2. The molecule has 1 fully saturated rings. The highest BCUT2D eigenvalue weighted by Gasteiger charge is 2.35. The van der Waals surface area contributed by atoms with Crippen LogP contribution in [0.1, 0.15) is 12.5 Å². The van der Waals surface area contributed by atoms with Gasteiger partial charge in [-0.2, -0.15) is 0 Å². The van der Waals surface area contributed by atoms with Crippen molar-refractivity contribution in [1.82, 2.24) is 4.90 Å². The molecule has 1 saturated heterocycles. The Bertz CT molecular complexity index is 451. The first kappa shape index (κ1) is 15.9. The number of carboxylic acid groups (broad SMARTS) is 1. The van der Waals surface area contributed by atoms with E-state index in [0.29, 0.717) is 26.2 Å². The first-order valence-corrected chi connectivity index (χ1v) is 7.31. The maximum absolute atomic E-state index is 11.1. The van der Waals surface area contributed by atoms with Crippen molar-refractivity contribution in [1.29, 1.82) is 0 Å². The monoisotopic (exact) mass is 293 g/mol. The summed E-state index contributed by atoms with van der Waals surface area (Å²) >= 11 is 0. The van der Waals surface area contributed by atoms with Crippen molar-refractivity contribution in [3.05, 3.63) is 35.9 Å². The molecule has 1 heterocycles. The second-order valence-corrected chi connectivity index (χ2v) is 5.80. The van der Waals surface area contributed by atoms with Gasteiger partial charge in [0.05, 0.1) is 25.2 Å². The van der Waals surface area contributed by atoms with Crippen LogP contribution in [-0.4, -0.2) is 53.4 Å². The smallest absolute Gasteiger partial charge is 0.308 e. The van der Waals surface area contributed by atoms with Crippen LogP contribution in [0, 0.1) is 11.8 Å². The molecule has 0 aliphatic carbocycles. The predicted molar refractivity (Wildman–Crippen MR) is 78.8 cm³/mol. The minimum absolute atomic E-state index is 0.125. The normalized spacial score (nSPS) is 24.1. The SMILES string of the molecule is C[C@@H]1CN(CC(O)COCc2ccccc2)C[C@H]1C(=O)O. The fourth-order valence-corrected chi connectivity index (χ4v) is 2.78. The molecule has 0 aromatic heterocycles. The molecular weight excluding hydrogens is 270 g/mol. The minimum Gasteiger partial charge on any atom is -0.481 e. The number of nitrogens with zero attached hydrogens (tertiary/aromatic N) is 1. The van der Waals surface area contributed by atoms with Crippen LogP contribution in [0.3, 0.4) is 0 Å². The van der Waals surface area contributed by atoms with Gasteiger partial charge in [0.1, 0.15) is 0 Å². The van der Waals surface area contributed by atoms with E-state index in [1.807, 2.05) is 42.2 Å². The van der Waals surface area contributed by atoms with Crippen molar-refractivity contribution >= 4 is 5.97 Å². The van der Waals surface area contributed by atoms with Gasteiger partial charge >= 0.3 is 5.97 Å². The molecule has 1 aliphatic rings. The molecule has 0 spiro atoms. The van der Waals surface area contributed by atoms with Gasteiger partial charge in [0.2, 0.25) is 0 Å².